The average molecular weight is 639 g/mol. The van der Waals surface area contributed by atoms with E-state index in [-0.39, 0.29) is 34.5 Å². The van der Waals surface area contributed by atoms with Gasteiger partial charge in [0.15, 0.2) is 0 Å². The van der Waals surface area contributed by atoms with Crippen LogP contribution in [0.3, 0.4) is 0 Å². The van der Waals surface area contributed by atoms with Crippen LogP contribution in [0.25, 0.3) is 0 Å². The first-order chi connectivity index (χ1) is 24.1. The molecule has 2 aliphatic carbocycles. The molecule has 2 saturated carbocycles. The van der Waals surface area contributed by atoms with Crippen LogP contribution in [-0.4, -0.2) is 11.8 Å². The maximum Gasteiger partial charge on any atom is 0.228 e. The fourth-order valence-electron chi connectivity index (χ4n) is 7.82. The molecule has 0 aliphatic heterocycles. The van der Waals surface area contributed by atoms with Crippen LogP contribution < -0.4 is 10.6 Å². The number of hydrogen-bond acceptors (Lipinski definition) is 2. The molecule has 240 valence electrons. The highest BCUT2D eigenvalue weighted by Crippen LogP contribution is 2.60. The molecule has 2 fully saturated rings. The minimum absolute atomic E-state index is 0.0501. The molecule has 2 amide bonds. The molecule has 0 aromatic heterocycles. The second kappa shape index (κ2) is 12.7. The Morgan fingerprint density at radius 3 is 1.00 bits per heavy atom. The van der Waals surface area contributed by atoms with Crippen molar-refractivity contribution in [1.29, 1.82) is 0 Å². The number of benzene rings is 6. The molecule has 2 atom stereocenters. The Kier molecular flexibility index (Phi) is 7.93. The normalized spacial score (nSPS) is 18.2. The molecule has 0 spiro atoms. The van der Waals surface area contributed by atoms with Gasteiger partial charge in [0.25, 0.3) is 0 Å². The zero-order valence-corrected chi connectivity index (χ0v) is 27.3. The minimum Gasteiger partial charge on any atom is -0.326 e. The molecule has 0 heterocycles. The molecule has 4 heteroatoms. The van der Waals surface area contributed by atoms with Gasteiger partial charge in [0.05, 0.1) is 11.8 Å². The predicted octanol–water partition coefficient (Wildman–Crippen LogP) is 9.17. The van der Waals surface area contributed by atoms with Crippen LogP contribution in [0, 0.1) is 11.8 Å². The summed E-state index contributed by atoms with van der Waals surface area (Å²) in [5.41, 5.74) is 8.06. The number of amides is 2. The summed E-state index contributed by atoms with van der Waals surface area (Å²) in [5.74, 6) is -0.142. The molecular formula is C45H38N2O2. The van der Waals surface area contributed by atoms with Gasteiger partial charge >= 0.3 is 0 Å². The summed E-state index contributed by atoms with van der Waals surface area (Å²) >= 11 is 0. The van der Waals surface area contributed by atoms with Gasteiger partial charge in [-0.2, -0.15) is 0 Å². The molecule has 2 aliphatic rings. The maximum atomic E-state index is 13.5. The quantitative estimate of drug-likeness (QED) is 0.157. The number of nitrogens with one attached hydrogen (secondary N) is 2. The Morgan fingerprint density at radius 1 is 0.429 bits per heavy atom. The summed E-state index contributed by atoms with van der Waals surface area (Å²) in [7, 11) is 0. The van der Waals surface area contributed by atoms with Gasteiger partial charge in [-0.25, -0.2) is 0 Å². The molecular weight excluding hydrogens is 601 g/mol. The second-order valence-corrected chi connectivity index (χ2v) is 13.5. The SMILES string of the molecule is O=C(Nc1ccc(Cc2ccc(NC(=O)[C@@H]3CC3(c3ccccc3)c3ccccc3)cc2)cc1)[C@@H]1CC1(c1ccccc1)c1ccccc1. The average Bonchev–Trinajstić information content (AvgIpc) is 4.09. The van der Waals surface area contributed by atoms with Crippen molar-refractivity contribution in [3.63, 3.8) is 0 Å². The first kappa shape index (κ1) is 30.6. The lowest BCUT2D eigenvalue weighted by Crippen LogP contribution is -2.22. The van der Waals surface area contributed by atoms with E-state index in [1.807, 2.05) is 97.1 Å². The number of carbonyl (C=O) groups excluding carboxylic acids is 2. The third-order valence-corrected chi connectivity index (χ3v) is 10.6. The van der Waals surface area contributed by atoms with Crippen LogP contribution in [-0.2, 0) is 26.8 Å². The monoisotopic (exact) mass is 638 g/mol. The van der Waals surface area contributed by atoms with E-state index in [2.05, 4.69) is 83.4 Å². The van der Waals surface area contributed by atoms with Gasteiger partial charge in [-0.05, 0) is 76.9 Å². The summed E-state index contributed by atoms with van der Waals surface area (Å²) in [5, 5.41) is 6.35. The first-order valence-corrected chi connectivity index (χ1v) is 17.1. The van der Waals surface area contributed by atoms with Crippen molar-refractivity contribution in [3.8, 4) is 0 Å². The van der Waals surface area contributed by atoms with Crippen LogP contribution in [0.2, 0.25) is 0 Å². The van der Waals surface area contributed by atoms with Gasteiger partial charge in [-0.15, -0.1) is 0 Å². The third kappa shape index (κ3) is 5.84. The topological polar surface area (TPSA) is 58.2 Å². The fourth-order valence-corrected chi connectivity index (χ4v) is 7.82. The summed E-state index contributed by atoms with van der Waals surface area (Å²) in [6, 6.07) is 57.7. The van der Waals surface area contributed by atoms with E-state index in [0.29, 0.717) is 0 Å². The number of rotatable bonds is 10. The van der Waals surface area contributed by atoms with Crippen molar-refractivity contribution in [1.82, 2.24) is 0 Å². The van der Waals surface area contributed by atoms with E-state index >= 15 is 0 Å². The first-order valence-electron chi connectivity index (χ1n) is 17.1. The molecule has 6 aromatic rings. The van der Waals surface area contributed by atoms with Gasteiger partial charge in [-0.1, -0.05) is 146 Å². The van der Waals surface area contributed by atoms with Gasteiger partial charge in [0.2, 0.25) is 11.8 Å². The molecule has 0 radical (unpaired) electrons. The summed E-state index contributed by atoms with van der Waals surface area (Å²) in [6.07, 6.45) is 2.34. The Labute approximate surface area is 287 Å². The van der Waals surface area contributed by atoms with E-state index in [9.17, 15) is 9.59 Å². The highest BCUT2D eigenvalue weighted by molar-refractivity contribution is 5.98. The Hall–Kier alpha value is -5.74. The molecule has 49 heavy (non-hydrogen) atoms. The summed E-state index contributed by atoms with van der Waals surface area (Å²) < 4.78 is 0. The van der Waals surface area contributed by atoms with Crippen molar-refractivity contribution in [2.75, 3.05) is 10.6 Å². The molecule has 8 rings (SSSR count). The lowest BCUT2D eigenvalue weighted by atomic mass is 9.85. The van der Waals surface area contributed by atoms with Crippen molar-refractivity contribution in [2.45, 2.75) is 30.1 Å². The summed E-state index contributed by atoms with van der Waals surface area (Å²) in [6.45, 7) is 0. The van der Waals surface area contributed by atoms with E-state index in [0.717, 1.165) is 41.8 Å². The van der Waals surface area contributed by atoms with Crippen molar-refractivity contribution >= 4 is 23.2 Å². The molecule has 0 bridgehead atoms. The van der Waals surface area contributed by atoms with Crippen molar-refractivity contribution < 1.29 is 9.59 Å². The van der Waals surface area contributed by atoms with Crippen LogP contribution in [0.5, 0.6) is 0 Å². The minimum atomic E-state index is -0.288. The van der Waals surface area contributed by atoms with E-state index < -0.39 is 0 Å². The lowest BCUT2D eigenvalue weighted by molar-refractivity contribution is -0.118. The van der Waals surface area contributed by atoms with Crippen LogP contribution in [0.4, 0.5) is 11.4 Å². The fraction of sp³-hybridized carbons (Fsp3) is 0.156. The Bertz CT molecular complexity index is 1830. The number of carbonyl (C=O) groups is 2. The van der Waals surface area contributed by atoms with Crippen LogP contribution >= 0.6 is 0 Å². The number of anilines is 2. The van der Waals surface area contributed by atoms with E-state index in [1.54, 1.807) is 0 Å². The highest BCUT2D eigenvalue weighted by Gasteiger charge is 2.61. The smallest absolute Gasteiger partial charge is 0.228 e. The zero-order valence-electron chi connectivity index (χ0n) is 27.3. The largest absolute Gasteiger partial charge is 0.326 e. The lowest BCUT2D eigenvalue weighted by Gasteiger charge is -2.19. The maximum absolute atomic E-state index is 13.5. The van der Waals surface area contributed by atoms with Gasteiger partial charge < -0.3 is 10.6 Å². The number of hydrogen-bond donors (Lipinski definition) is 2. The Morgan fingerprint density at radius 2 is 0.714 bits per heavy atom. The van der Waals surface area contributed by atoms with Crippen molar-refractivity contribution in [3.05, 3.63) is 203 Å². The van der Waals surface area contributed by atoms with Crippen LogP contribution in [0.15, 0.2) is 170 Å². The van der Waals surface area contributed by atoms with Crippen molar-refractivity contribution in [2.24, 2.45) is 11.8 Å². The van der Waals surface area contributed by atoms with E-state index in [1.165, 1.54) is 22.3 Å². The summed E-state index contributed by atoms with van der Waals surface area (Å²) in [4.78, 5) is 27.0. The zero-order chi connectivity index (χ0) is 33.3. The van der Waals surface area contributed by atoms with Gasteiger partial charge in [0.1, 0.15) is 0 Å². The molecule has 0 saturated heterocycles. The highest BCUT2D eigenvalue weighted by atomic mass is 16.2. The second-order valence-electron chi connectivity index (χ2n) is 13.5. The molecule has 4 nitrogen and oxygen atoms in total. The van der Waals surface area contributed by atoms with E-state index in [4.69, 9.17) is 0 Å². The van der Waals surface area contributed by atoms with Crippen LogP contribution in [0.1, 0.15) is 46.2 Å². The standard InChI is InChI=1S/C45H38N2O2/c48-42(40-30-44(40,34-13-5-1-6-14-34)35-15-7-2-8-16-35)46-38-25-21-32(22-26-38)29-33-23-27-39(28-24-33)47-43(49)41-31-45(41,36-17-9-3-10-18-36)37-19-11-4-12-20-37/h1-28,40-41H,29-31H2,(H,46,48)(H,47,49)/t40-,41-/m0/s1. The molecule has 6 aromatic carbocycles. The third-order valence-electron chi connectivity index (χ3n) is 10.6. The van der Waals surface area contributed by atoms with Gasteiger partial charge in [-0.3, -0.25) is 9.59 Å². The molecule has 2 N–H and O–H groups in total. The predicted molar refractivity (Wildman–Crippen MR) is 196 cm³/mol. The van der Waals surface area contributed by atoms with Gasteiger partial charge in [0, 0.05) is 22.2 Å². The Balaban J connectivity index is 0.891. The molecule has 0 unspecified atom stereocenters.